The fourth-order valence-corrected chi connectivity index (χ4v) is 3.09. The number of aromatic nitrogens is 1. The highest BCUT2D eigenvalue weighted by Crippen LogP contribution is 2.33. The number of thiophene rings is 1. The molecule has 2 aromatic heterocycles. The highest BCUT2D eigenvalue weighted by atomic mass is 32.1. The Kier molecular flexibility index (Phi) is 2.28. The van der Waals surface area contributed by atoms with Crippen molar-refractivity contribution >= 4 is 33.3 Å². The van der Waals surface area contributed by atoms with Gasteiger partial charge in [-0.3, -0.25) is 4.98 Å². The summed E-state index contributed by atoms with van der Waals surface area (Å²) in [4.78, 5) is 11.0. The van der Waals surface area contributed by atoms with Gasteiger partial charge in [0.15, 0.2) is 5.75 Å². The normalized spacial score (nSPS) is 13.4. The van der Waals surface area contributed by atoms with Crippen LogP contribution in [0.25, 0.3) is 22.0 Å². The Bertz CT molecular complexity index is 758. The number of hydroxylamine groups is 1. The van der Waals surface area contributed by atoms with Gasteiger partial charge in [-0.2, -0.15) is 0 Å². The van der Waals surface area contributed by atoms with Crippen molar-refractivity contribution in [3.63, 3.8) is 0 Å². The van der Waals surface area contributed by atoms with Crippen LogP contribution in [0.1, 0.15) is 10.4 Å². The Morgan fingerprint density at radius 2 is 2.05 bits per heavy atom. The zero-order valence-corrected chi connectivity index (χ0v) is 10.8. The average Bonchev–Trinajstić information content (AvgIpc) is 2.90. The first-order valence-corrected chi connectivity index (χ1v) is 6.80. The fraction of sp³-hybridized carbons (Fsp3) is 0. The maximum atomic E-state index is 5.55. The van der Waals surface area contributed by atoms with Gasteiger partial charge in [-0.1, -0.05) is 18.2 Å². The molecule has 0 spiro atoms. The fourth-order valence-electron chi connectivity index (χ4n) is 2.11. The zero-order valence-electron chi connectivity index (χ0n) is 9.96. The lowest BCUT2D eigenvalue weighted by Gasteiger charge is -2.17. The number of benzene rings is 1. The summed E-state index contributed by atoms with van der Waals surface area (Å²) in [7, 11) is 0. The summed E-state index contributed by atoms with van der Waals surface area (Å²) in [6.07, 6.45) is 3.91. The largest absolute Gasteiger partial charge is 0.381 e. The Balaban J connectivity index is 1.83. The number of nitrogens with one attached hydrogen (secondary N) is 1. The van der Waals surface area contributed by atoms with E-state index in [9.17, 15) is 0 Å². The van der Waals surface area contributed by atoms with E-state index in [4.69, 9.17) is 4.84 Å². The number of pyridine rings is 1. The van der Waals surface area contributed by atoms with Crippen LogP contribution in [-0.2, 0) is 0 Å². The Hall–Kier alpha value is -2.33. The summed E-state index contributed by atoms with van der Waals surface area (Å²) in [5.41, 5.74) is 6.07. The molecule has 1 aliphatic rings. The molecule has 0 fully saturated rings. The van der Waals surface area contributed by atoms with E-state index >= 15 is 0 Å². The van der Waals surface area contributed by atoms with Crippen LogP contribution in [0.3, 0.4) is 0 Å². The van der Waals surface area contributed by atoms with Crippen molar-refractivity contribution in [3.05, 3.63) is 59.1 Å². The molecular formula is C15H10N2OS. The highest BCUT2D eigenvalue weighted by molar-refractivity contribution is 7.20. The molecule has 0 radical (unpaired) electrons. The summed E-state index contributed by atoms with van der Waals surface area (Å²) in [6, 6.07) is 14.1. The number of para-hydroxylation sites is 1. The lowest BCUT2D eigenvalue weighted by molar-refractivity contribution is 0.249. The van der Waals surface area contributed by atoms with Gasteiger partial charge in [-0.25, -0.2) is 5.48 Å². The minimum atomic E-state index is 0.852. The molecule has 0 aliphatic carbocycles. The molecule has 0 unspecified atom stereocenters. The van der Waals surface area contributed by atoms with E-state index < -0.39 is 0 Å². The van der Waals surface area contributed by atoms with Gasteiger partial charge in [0.2, 0.25) is 0 Å². The Morgan fingerprint density at radius 3 is 3.00 bits per heavy atom. The van der Waals surface area contributed by atoms with Crippen LogP contribution in [-0.4, -0.2) is 4.98 Å². The molecule has 3 aromatic rings. The molecule has 1 aliphatic heterocycles. The number of hydrogen-bond donors (Lipinski definition) is 1. The lowest BCUT2D eigenvalue weighted by atomic mass is 10.1. The van der Waals surface area contributed by atoms with E-state index in [1.54, 1.807) is 11.3 Å². The van der Waals surface area contributed by atoms with Crippen LogP contribution in [0, 0.1) is 0 Å². The maximum absolute atomic E-state index is 5.55. The first-order valence-electron chi connectivity index (χ1n) is 5.99. The van der Waals surface area contributed by atoms with Gasteiger partial charge >= 0.3 is 0 Å². The van der Waals surface area contributed by atoms with Crippen molar-refractivity contribution in [1.82, 2.24) is 10.5 Å². The molecule has 1 N–H and O–H groups in total. The van der Waals surface area contributed by atoms with Crippen LogP contribution >= 0.6 is 11.3 Å². The SMILES string of the molecule is C1=C(c2cc3ncccc3s2)NOc2ccccc21. The molecule has 0 bridgehead atoms. The number of nitrogens with zero attached hydrogens (tertiary/aromatic N) is 1. The van der Waals surface area contributed by atoms with Crippen LogP contribution in [0.2, 0.25) is 0 Å². The van der Waals surface area contributed by atoms with E-state index in [0.717, 1.165) is 27.4 Å². The number of hydrogen-bond acceptors (Lipinski definition) is 4. The molecule has 0 saturated carbocycles. The van der Waals surface area contributed by atoms with Gasteiger partial charge in [0, 0.05) is 11.8 Å². The number of rotatable bonds is 1. The Labute approximate surface area is 114 Å². The number of fused-ring (bicyclic) bond motifs is 2. The minimum Gasteiger partial charge on any atom is -0.381 e. The van der Waals surface area contributed by atoms with Crippen LogP contribution in [0.15, 0.2) is 48.7 Å². The summed E-state index contributed by atoms with van der Waals surface area (Å²) in [6.45, 7) is 0. The van der Waals surface area contributed by atoms with E-state index in [1.165, 1.54) is 4.70 Å². The maximum Gasteiger partial charge on any atom is 0.162 e. The first kappa shape index (κ1) is 10.6. The smallest absolute Gasteiger partial charge is 0.162 e. The second-order valence-electron chi connectivity index (χ2n) is 4.30. The molecular weight excluding hydrogens is 256 g/mol. The molecule has 4 heteroatoms. The third-order valence-corrected chi connectivity index (χ3v) is 4.17. The second-order valence-corrected chi connectivity index (χ2v) is 5.38. The molecule has 0 saturated heterocycles. The molecule has 0 atom stereocenters. The molecule has 3 heterocycles. The second kappa shape index (κ2) is 4.10. The first-order chi connectivity index (χ1) is 9.40. The summed E-state index contributed by atoms with van der Waals surface area (Å²) in [5, 5.41) is 0. The van der Waals surface area contributed by atoms with Gasteiger partial charge in [0.25, 0.3) is 0 Å². The van der Waals surface area contributed by atoms with E-state index in [1.807, 2.05) is 36.5 Å². The Morgan fingerprint density at radius 1 is 1.11 bits per heavy atom. The lowest BCUT2D eigenvalue weighted by Crippen LogP contribution is -2.19. The molecule has 92 valence electrons. The monoisotopic (exact) mass is 266 g/mol. The third-order valence-electron chi connectivity index (χ3n) is 3.04. The van der Waals surface area contributed by atoms with E-state index in [2.05, 4.69) is 28.7 Å². The molecule has 4 rings (SSSR count). The zero-order chi connectivity index (χ0) is 12.7. The van der Waals surface area contributed by atoms with E-state index in [-0.39, 0.29) is 0 Å². The van der Waals surface area contributed by atoms with Crippen molar-refractivity contribution in [3.8, 4) is 5.75 Å². The van der Waals surface area contributed by atoms with Crippen molar-refractivity contribution in [2.75, 3.05) is 0 Å². The van der Waals surface area contributed by atoms with Gasteiger partial charge in [-0.15, -0.1) is 11.3 Å². The van der Waals surface area contributed by atoms with Gasteiger partial charge in [0.05, 0.1) is 20.8 Å². The summed E-state index contributed by atoms with van der Waals surface area (Å²) >= 11 is 1.71. The van der Waals surface area contributed by atoms with Crippen molar-refractivity contribution in [2.24, 2.45) is 0 Å². The van der Waals surface area contributed by atoms with Crippen LogP contribution in [0.5, 0.6) is 5.75 Å². The molecule has 3 nitrogen and oxygen atoms in total. The van der Waals surface area contributed by atoms with Gasteiger partial charge in [-0.05, 0) is 30.3 Å². The summed E-state index contributed by atoms with van der Waals surface area (Å²) in [5.74, 6) is 0.852. The predicted octanol–water partition coefficient (Wildman–Crippen LogP) is 3.69. The molecule has 0 amide bonds. The van der Waals surface area contributed by atoms with Crippen LogP contribution < -0.4 is 10.3 Å². The molecule has 19 heavy (non-hydrogen) atoms. The van der Waals surface area contributed by atoms with Gasteiger partial charge < -0.3 is 4.84 Å². The quantitative estimate of drug-likeness (QED) is 0.729. The molecule has 1 aromatic carbocycles. The van der Waals surface area contributed by atoms with Gasteiger partial charge in [0.1, 0.15) is 0 Å². The summed E-state index contributed by atoms with van der Waals surface area (Å²) < 4.78 is 1.18. The van der Waals surface area contributed by atoms with Crippen molar-refractivity contribution in [1.29, 1.82) is 0 Å². The average molecular weight is 266 g/mol. The van der Waals surface area contributed by atoms with Crippen molar-refractivity contribution < 1.29 is 4.84 Å². The van der Waals surface area contributed by atoms with Crippen LogP contribution in [0.4, 0.5) is 0 Å². The standard InChI is InChI=1S/C15H10N2OS/c1-2-5-13-10(4-1)8-12(17-18-13)15-9-11-14(19-15)6-3-7-16-11/h1-9,17H. The van der Waals surface area contributed by atoms with Crippen molar-refractivity contribution in [2.45, 2.75) is 0 Å². The minimum absolute atomic E-state index is 0.852. The third kappa shape index (κ3) is 1.77. The van der Waals surface area contributed by atoms with E-state index in [0.29, 0.717) is 0 Å². The topological polar surface area (TPSA) is 34.2 Å². The predicted molar refractivity (Wildman–Crippen MR) is 77.7 cm³/mol. The highest BCUT2D eigenvalue weighted by Gasteiger charge is 2.14.